The zero-order valence-corrected chi connectivity index (χ0v) is 16.3. The number of aromatic amines is 1. The van der Waals surface area contributed by atoms with E-state index in [2.05, 4.69) is 28.0 Å². The van der Waals surface area contributed by atoms with Crippen LogP contribution in [0.15, 0.2) is 53.5 Å². The number of aromatic nitrogens is 2. The standard InChI is InChI=1S/C20H22N4O2S/c1-5-9-24(10-6-2)13-15-11-14(7-8-17(15)26-3)18-16(12-21)19(25)23-20(22-18)27-4/h5-8,11H,1-2,9-10,13H2,3-4H3,(H,22,23,25). The van der Waals surface area contributed by atoms with Gasteiger partial charge in [0.15, 0.2) is 5.16 Å². The van der Waals surface area contributed by atoms with E-state index in [1.165, 1.54) is 11.8 Å². The fourth-order valence-electron chi connectivity index (χ4n) is 2.72. The van der Waals surface area contributed by atoms with E-state index in [4.69, 9.17) is 4.74 Å². The minimum absolute atomic E-state index is 0.00189. The van der Waals surface area contributed by atoms with E-state index in [0.717, 1.165) is 11.3 Å². The first-order chi connectivity index (χ1) is 13.1. The van der Waals surface area contributed by atoms with E-state index in [1.54, 1.807) is 13.2 Å². The van der Waals surface area contributed by atoms with Crippen molar-refractivity contribution in [1.29, 1.82) is 5.26 Å². The maximum atomic E-state index is 12.2. The van der Waals surface area contributed by atoms with Gasteiger partial charge in [-0.25, -0.2) is 4.98 Å². The molecule has 1 aromatic heterocycles. The average Bonchev–Trinajstić information content (AvgIpc) is 2.67. The lowest BCUT2D eigenvalue weighted by Crippen LogP contribution is -2.23. The minimum Gasteiger partial charge on any atom is -0.496 e. The molecule has 2 aromatic rings. The Hall–Kier alpha value is -2.82. The first kappa shape index (κ1) is 20.5. The molecule has 0 saturated carbocycles. The highest BCUT2D eigenvalue weighted by Gasteiger charge is 2.16. The summed E-state index contributed by atoms with van der Waals surface area (Å²) >= 11 is 1.32. The summed E-state index contributed by atoms with van der Waals surface area (Å²) in [7, 11) is 1.61. The number of rotatable bonds is 9. The monoisotopic (exact) mass is 382 g/mol. The van der Waals surface area contributed by atoms with Crippen molar-refractivity contribution < 1.29 is 4.74 Å². The van der Waals surface area contributed by atoms with Gasteiger partial charge in [0.05, 0.1) is 12.8 Å². The summed E-state index contributed by atoms with van der Waals surface area (Å²) in [5.74, 6) is 0.727. The van der Waals surface area contributed by atoms with Crippen molar-refractivity contribution in [1.82, 2.24) is 14.9 Å². The van der Waals surface area contributed by atoms with E-state index in [0.29, 0.717) is 36.0 Å². The summed E-state index contributed by atoms with van der Waals surface area (Å²) in [4.78, 5) is 21.4. The molecule has 2 rings (SSSR count). The van der Waals surface area contributed by atoms with Crippen LogP contribution in [0.3, 0.4) is 0 Å². The van der Waals surface area contributed by atoms with Gasteiger partial charge >= 0.3 is 0 Å². The van der Waals surface area contributed by atoms with Gasteiger partial charge in [0.1, 0.15) is 17.4 Å². The van der Waals surface area contributed by atoms with Crippen LogP contribution in [0.2, 0.25) is 0 Å². The van der Waals surface area contributed by atoms with Gasteiger partial charge in [0.25, 0.3) is 5.56 Å². The highest BCUT2D eigenvalue weighted by molar-refractivity contribution is 7.98. The number of ether oxygens (including phenoxy) is 1. The molecule has 27 heavy (non-hydrogen) atoms. The third kappa shape index (κ3) is 4.88. The first-order valence-electron chi connectivity index (χ1n) is 8.27. The van der Waals surface area contributed by atoms with Gasteiger partial charge in [-0.15, -0.1) is 13.2 Å². The largest absolute Gasteiger partial charge is 0.496 e. The van der Waals surface area contributed by atoms with Crippen molar-refractivity contribution in [2.24, 2.45) is 0 Å². The quantitative estimate of drug-likeness (QED) is 0.407. The number of thioether (sulfide) groups is 1. The number of hydrogen-bond donors (Lipinski definition) is 1. The molecular formula is C20H22N4O2S. The molecule has 0 bridgehead atoms. The van der Waals surface area contributed by atoms with Gasteiger partial charge in [-0.1, -0.05) is 23.9 Å². The van der Waals surface area contributed by atoms with Crippen molar-refractivity contribution in [3.8, 4) is 23.1 Å². The Kier molecular flexibility index (Phi) is 7.41. The van der Waals surface area contributed by atoms with Gasteiger partial charge in [-0.2, -0.15) is 5.26 Å². The third-order valence-electron chi connectivity index (χ3n) is 3.93. The molecule has 1 N–H and O–H groups in total. The van der Waals surface area contributed by atoms with Crippen LogP contribution in [0.25, 0.3) is 11.3 Å². The number of H-pyrrole nitrogens is 1. The number of methoxy groups -OCH3 is 1. The molecule has 0 spiro atoms. The van der Waals surface area contributed by atoms with Crippen LogP contribution in [-0.4, -0.2) is 41.3 Å². The normalized spacial score (nSPS) is 10.4. The summed E-state index contributed by atoms with van der Waals surface area (Å²) in [6, 6.07) is 7.50. The molecule has 7 heteroatoms. The lowest BCUT2D eigenvalue weighted by Gasteiger charge is -2.21. The third-order valence-corrected chi connectivity index (χ3v) is 4.51. The summed E-state index contributed by atoms with van der Waals surface area (Å²) in [6.07, 6.45) is 5.48. The van der Waals surface area contributed by atoms with Crippen molar-refractivity contribution in [3.63, 3.8) is 0 Å². The highest BCUT2D eigenvalue weighted by atomic mass is 32.2. The molecule has 0 aliphatic heterocycles. The van der Waals surface area contributed by atoms with E-state index in [1.807, 2.05) is 36.6 Å². The zero-order chi connectivity index (χ0) is 19.8. The van der Waals surface area contributed by atoms with Gasteiger partial charge in [0.2, 0.25) is 0 Å². The van der Waals surface area contributed by atoms with Crippen molar-refractivity contribution in [2.45, 2.75) is 11.7 Å². The zero-order valence-electron chi connectivity index (χ0n) is 15.5. The second-order valence-corrected chi connectivity index (χ2v) is 6.50. The fourth-order valence-corrected chi connectivity index (χ4v) is 3.10. The first-order valence-corrected chi connectivity index (χ1v) is 9.50. The highest BCUT2D eigenvalue weighted by Crippen LogP contribution is 2.28. The Morgan fingerprint density at radius 3 is 2.63 bits per heavy atom. The molecule has 1 heterocycles. The lowest BCUT2D eigenvalue weighted by molar-refractivity contribution is 0.318. The average molecular weight is 382 g/mol. The summed E-state index contributed by atoms with van der Waals surface area (Å²) in [5, 5.41) is 9.87. The molecule has 0 atom stereocenters. The van der Waals surface area contributed by atoms with E-state index in [9.17, 15) is 10.1 Å². The van der Waals surface area contributed by atoms with Crippen molar-refractivity contribution in [2.75, 3.05) is 26.5 Å². The SMILES string of the molecule is C=CCN(CC=C)Cc1cc(-c2nc(SC)[nH]c(=O)c2C#N)ccc1OC. The molecule has 0 amide bonds. The number of nitriles is 1. The molecule has 0 aliphatic rings. The number of nitrogens with one attached hydrogen (secondary N) is 1. The molecule has 0 fully saturated rings. The summed E-state index contributed by atoms with van der Waals surface area (Å²) in [5.41, 5.74) is 1.55. The van der Waals surface area contributed by atoms with Gasteiger partial charge in [0, 0.05) is 30.8 Å². The topological polar surface area (TPSA) is 82.0 Å². The maximum Gasteiger partial charge on any atom is 0.270 e. The number of hydrogen-bond acceptors (Lipinski definition) is 6. The van der Waals surface area contributed by atoms with E-state index in [-0.39, 0.29) is 5.56 Å². The molecule has 0 aliphatic carbocycles. The predicted octanol–water partition coefficient (Wildman–Crippen LogP) is 3.21. The lowest BCUT2D eigenvalue weighted by atomic mass is 10.0. The van der Waals surface area contributed by atoms with Crippen LogP contribution in [0, 0.1) is 11.3 Å². The number of benzene rings is 1. The smallest absolute Gasteiger partial charge is 0.270 e. The van der Waals surface area contributed by atoms with Gasteiger partial charge < -0.3 is 9.72 Å². The molecule has 6 nitrogen and oxygen atoms in total. The molecular weight excluding hydrogens is 360 g/mol. The van der Waals surface area contributed by atoms with Gasteiger partial charge in [-0.05, 0) is 24.5 Å². The van der Waals surface area contributed by atoms with Gasteiger partial charge in [-0.3, -0.25) is 9.69 Å². The second kappa shape index (κ2) is 9.76. The van der Waals surface area contributed by atoms with Crippen LogP contribution in [0.1, 0.15) is 11.1 Å². The Bertz CT molecular complexity index is 921. The molecule has 1 aromatic carbocycles. The van der Waals surface area contributed by atoms with Crippen LogP contribution in [0.5, 0.6) is 5.75 Å². The molecule has 0 unspecified atom stereocenters. The van der Waals surface area contributed by atoms with Crippen LogP contribution >= 0.6 is 11.8 Å². The minimum atomic E-state index is -0.441. The second-order valence-electron chi connectivity index (χ2n) is 5.71. The molecule has 0 radical (unpaired) electrons. The van der Waals surface area contributed by atoms with E-state index < -0.39 is 5.56 Å². The summed E-state index contributed by atoms with van der Waals surface area (Å²) in [6.45, 7) is 9.58. The Labute approximate surface area is 163 Å². The molecule has 0 saturated heterocycles. The van der Waals surface area contributed by atoms with Crippen molar-refractivity contribution in [3.05, 3.63) is 65.0 Å². The maximum absolute atomic E-state index is 12.2. The molecule has 140 valence electrons. The van der Waals surface area contributed by atoms with E-state index >= 15 is 0 Å². The van der Waals surface area contributed by atoms with Crippen molar-refractivity contribution >= 4 is 11.8 Å². The number of nitrogens with zero attached hydrogens (tertiary/aromatic N) is 3. The Morgan fingerprint density at radius 1 is 1.37 bits per heavy atom. The summed E-state index contributed by atoms with van der Waals surface area (Å²) < 4.78 is 5.48. The predicted molar refractivity (Wildman–Crippen MR) is 109 cm³/mol. The Balaban J connectivity index is 2.56. The van der Waals surface area contributed by atoms with Crippen LogP contribution in [-0.2, 0) is 6.54 Å². The van der Waals surface area contributed by atoms with Crippen LogP contribution in [0.4, 0.5) is 0 Å². The Morgan fingerprint density at radius 2 is 2.07 bits per heavy atom. The van der Waals surface area contributed by atoms with Crippen LogP contribution < -0.4 is 10.3 Å². The fraction of sp³-hybridized carbons (Fsp3) is 0.250.